The molecule has 0 spiro atoms. The zero-order valence-corrected chi connectivity index (χ0v) is 19.6. The summed E-state index contributed by atoms with van der Waals surface area (Å²) in [5.41, 5.74) is 3.16. The number of nitrogens with zero attached hydrogens (tertiary/aromatic N) is 1. The van der Waals surface area contributed by atoms with Crippen molar-refractivity contribution in [1.82, 2.24) is 0 Å². The van der Waals surface area contributed by atoms with E-state index >= 15 is 0 Å². The summed E-state index contributed by atoms with van der Waals surface area (Å²) in [6.07, 6.45) is -1.59. The van der Waals surface area contributed by atoms with E-state index in [4.69, 9.17) is 23.3 Å². The molecule has 0 unspecified atom stereocenters. The first-order valence-corrected chi connectivity index (χ1v) is 8.13. The van der Waals surface area contributed by atoms with Gasteiger partial charge in [0.2, 0.25) is 0 Å². The molecule has 0 atom stereocenters. The predicted molar refractivity (Wildman–Crippen MR) is 109 cm³/mol. The van der Waals surface area contributed by atoms with Crippen molar-refractivity contribution in [2.24, 2.45) is 0 Å². The van der Waals surface area contributed by atoms with Crippen molar-refractivity contribution in [1.29, 1.82) is 5.26 Å². The summed E-state index contributed by atoms with van der Waals surface area (Å²) < 4.78 is 37.5. The Kier molecular flexibility index (Phi) is 28.8. The van der Waals surface area contributed by atoms with E-state index in [9.17, 15) is 5.26 Å². The average molecular weight is 592 g/mol. The smallest absolute Gasteiger partial charge is 0 e. The van der Waals surface area contributed by atoms with E-state index in [1.165, 1.54) is 0 Å². The third-order valence-corrected chi connectivity index (χ3v) is 4.09. The molecule has 0 aliphatic rings. The molecular weight excluding hydrogens is 577 g/mol. The van der Waals surface area contributed by atoms with Crippen LogP contribution in [0, 0.1) is 44.5 Å². The molecule has 0 N–H and O–H groups in total. The maximum Gasteiger partial charge on any atom is 0 e. The van der Waals surface area contributed by atoms with Crippen LogP contribution in [0.1, 0.15) is 0 Å². The average Bonchev–Trinajstić information content (AvgIpc) is 2.93. The molecule has 0 saturated carbocycles. The summed E-state index contributed by atoms with van der Waals surface area (Å²) >= 11 is 0. The SMILES string of the molecule is N#C[B-](c1ccccc1)(c1ccccc1)c1ccccc1.[C-]#[O+].[C-]#[O+].[C-]#[O+].[C-]#[O+].[C-]#[O+].[W]. The monoisotopic (exact) mass is 592 g/mol. The Balaban J connectivity index is -0.000000316. The first-order chi connectivity index (χ1) is 15.4. The maximum absolute atomic E-state index is 10.1. The van der Waals surface area contributed by atoms with E-state index in [2.05, 4.69) is 39.2 Å². The minimum absolute atomic E-state index is 0. The van der Waals surface area contributed by atoms with Gasteiger partial charge in [0, 0.05) is 21.1 Å². The van der Waals surface area contributed by atoms with Crippen LogP contribution in [0.2, 0.25) is 0 Å². The molecule has 0 aliphatic heterocycles. The molecule has 8 heteroatoms. The topological polar surface area (TPSA) is 123 Å². The van der Waals surface area contributed by atoms with Crippen molar-refractivity contribution in [3.8, 4) is 5.97 Å². The van der Waals surface area contributed by atoms with E-state index in [1.54, 1.807) is 0 Å². The van der Waals surface area contributed by atoms with Gasteiger partial charge in [0.25, 0.3) is 0 Å². The summed E-state index contributed by atoms with van der Waals surface area (Å²) in [6, 6.07) is 30.2. The Labute approximate surface area is 202 Å². The van der Waals surface area contributed by atoms with Crippen molar-refractivity contribution in [3.05, 3.63) is 124 Å². The Hall–Kier alpha value is -3.40. The van der Waals surface area contributed by atoms with E-state index in [0.29, 0.717) is 0 Å². The van der Waals surface area contributed by atoms with Crippen LogP contribution in [-0.4, -0.2) is 6.15 Å². The molecule has 0 bridgehead atoms. The van der Waals surface area contributed by atoms with E-state index in [1.807, 2.05) is 91.0 Å². The van der Waals surface area contributed by atoms with Gasteiger partial charge in [0.05, 0.1) is 0 Å². The molecule has 156 valence electrons. The molecule has 0 aliphatic carbocycles. The van der Waals surface area contributed by atoms with Crippen molar-refractivity contribution < 1.29 is 44.3 Å². The summed E-state index contributed by atoms with van der Waals surface area (Å²) in [6.45, 7) is 22.5. The van der Waals surface area contributed by atoms with Crippen LogP contribution in [0.25, 0.3) is 0 Å². The van der Waals surface area contributed by atoms with Gasteiger partial charge < -0.3 is 0 Å². The molecule has 3 rings (SSSR count). The van der Waals surface area contributed by atoms with Crippen molar-refractivity contribution in [3.63, 3.8) is 0 Å². The minimum Gasteiger partial charge on any atom is 0 e. The van der Waals surface area contributed by atoms with Gasteiger partial charge in [-0.15, -0.1) is 5.97 Å². The Morgan fingerprint density at radius 1 is 0.469 bits per heavy atom. The number of rotatable bonds is 3. The number of hydrogen-bond donors (Lipinski definition) is 0. The van der Waals surface area contributed by atoms with Crippen LogP contribution in [0.3, 0.4) is 0 Å². The van der Waals surface area contributed by atoms with Crippen LogP contribution < -0.4 is 16.4 Å². The summed E-state index contributed by atoms with van der Waals surface area (Å²) in [5, 5.41) is 10.1. The van der Waals surface area contributed by atoms with Gasteiger partial charge in [-0.25, -0.2) is 5.26 Å². The Bertz CT molecular complexity index is 848. The fraction of sp³-hybridized carbons (Fsp3) is 0. The Morgan fingerprint density at radius 3 is 0.812 bits per heavy atom. The van der Waals surface area contributed by atoms with Gasteiger partial charge in [-0.1, -0.05) is 91.0 Å². The van der Waals surface area contributed by atoms with Gasteiger partial charge in [0.15, 0.2) is 6.15 Å². The molecule has 3 aromatic carbocycles. The van der Waals surface area contributed by atoms with Crippen molar-refractivity contribution in [2.45, 2.75) is 0 Å². The molecule has 6 nitrogen and oxygen atoms in total. The van der Waals surface area contributed by atoms with E-state index < -0.39 is 6.15 Å². The number of nitriles is 1. The van der Waals surface area contributed by atoms with Gasteiger partial charge >= 0.3 is 56.5 Å². The van der Waals surface area contributed by atoms with E-state index in [-0.39, 0.29) is 21.1 Å². The van der Waals surface area contributed by atoms with Crippen molar-refractivity contribution in [2.75, 3.05) is 0 Å². The summed E-state index contributed by atoms with van der Waals surface area (Å²) in [5.74, 6) is 2.63. The molecular formula is C24H15BNO5W-. The minimum atomic E-state index is -1.59. The quantitative estimate of drug-likeness (QED) is 0.258. The summed E-state index contributed by atoms with van der Waals surface area (Å²) in [4.78, 5) is 0. The second-order valence-electron chi connectivity index (χ2n) is 5.23. The molecule has 3 aromatic rings. The molecule has 0 amide bonds. The molecule has 32 heavy (non-hydrogen) atoms. The first kappa shape index (κ1) is 36.0. The maximum atomic E-state index is 10.1. The molecule has 0 aromatic heterocycles. The van der Waals surface area contributed by atoms with Crippen molar-refractivity contribution >= 4 is 22.5 Å². The van der Waals surface area contributed by atoms with Crippen LogP contribution in [-0.2, 0) is 44.3 Å². The second-order valence-corrected chi connectivity index (χ2v) is 5.23. The van der Waals surface area contributed by atoms with Gasteiger partial charge in [0.1, 0.15) is 0 Å². The zero-order valence-electron chi connectivity index (χ0n) is 16.6. The molecule has 0 fully saturated rings. The third-order valence-electron chi connectivity index (χ3n) is 4.09. The van der Waals surface area contributed by atoms with Gasteiger partial charge in [-0.3, -0.25) is 0 Å². The zero-order chi connectivity index (χ0) is 24.5. The fourth-order valence-corrected chi connectivity index (χ4v) is 3.03. The Morgan fingerprint density at radius 2 is 0.656 bits per heavy atom. The predicted octanol–water partition coefficient (Wildman–Crippen LogP) is 2.03. The van der Waals surface area contributed by atoms with Crippen LogP contribution in [0.15, 0.2) is 91.0 Å². The van der Waals surface area contributed by atoms with E-state index in [0.717, 1.165) is 16.4 Å². The molecule has 0 radical (unpaired) electrons. The largest absolute Gasteiger partial charge is 0 e. The van der Waals surface area contributed by atoms with Gasteiger partial charge in [-0.2, -0.15) is 16.4 Å². The second kappa shape index (κ2) is 25.6. The van der Waals surface area contributed by atoms with Gasteiger partial charge in [-0.05, 0) is 0 Å². The summed E-state index contributed by atoms with van der Waals surface area (Å²) in [7, 11) is 0. The van der Waals surface area contributed by atoms with Crippen LogP contribution >= 0.6 is 0 Å². The number of benzene rings is 3. The van der Waals surface area contributed by atoms with Crippen LogP contribution in [0.4, 0.5) is 0 Å². The van der Waals surface area contributed by atoms with Crippen LogP contribution in [0.5, 0.6) is 0 Å². The first-order valence-electron chi connectivity index (χ1n) is 8.13. The standard InChI is InChI=1S/C19H15BN.5CO.W/c21-16-20(17-10-4-1-5-11-17,18-12-6-2-7-13-18)19-14-8-3-9-15-19;5*1-2;/h1-15H;;;;;;/q-1;;;;;;. The molecule has 0 saturated heterocycles. The number of hydrogen-bond acceptors (Lipinski definition) is 1. The normalized spacial score (nSPS) is 7.41. The third kappa shape index (κ3) is 10.1. The fourth-order valence-electron chi connectivity index (χ4n) is 3.03. The molecule has 0 heterocycles.